The van der Waals surface area contributed by atoms with Crippen molar-refractivity contribution in [2.24, 2.45) is 10.4 Å². The molecule has 0 bridgehead atoms. The van der Waals surface area contributed by atoms with Gasteiger partial charge in [-0.05, 0) is 17.7 Å². The first-order valence-electron chi connectivity index (χ1n) is 8.10. The van der Waals surface area contributed by atoms with Gasteiger partial charge in [0.05, 0.1) is 6.54 Å². The number of hydrogen-bond donors (Lipinski definition) is 1. The van der Waals surface area contributed by atoms with Gasteiger partial charge in [0.1, 0.15) is 0 Å². The normalized spacial score (nSPS) is 12.3. The molecule has 140 valence electrons. The minimum absolute atomic E-state index is 0.0890. The van der Waals surface area contributed by atoms with Crippen molar-refractivity contribution >= 4 is 46.4 Å². The Bertz CT molecular complexity index is 866. The summed E-state index contributed by atoms with van der Waals surface area (Å²) in [6.45, 7) is 6.24. The van der Waals surface area contributed by atoms with Crippen LogP contribution in [0, 0.1) is 5.41 Å². The SMILES string of the molecule is CC(C)(C)C(=O)NCCC(=O)N=c1sccn1Cc1ccc(Cl)cc1Cl. The third-order valence-electron chi connectivity index (χ3n) is 3.54. The van der Waals surface area contributed by atoms with Crippen molar-refractivity contribution in [2.45, 2.75) is 33.7 Å². The first-order chi connectivity index (χ1) is 12.2. The van der Waals surface area contributed by atoms with Crippen molar-refractivity contribution in [1.82, 2.24) is 9.88 Å². The maximum Gasteiger partial charge on any atom is 0.250 e. The van der Waals surface area contributed by atoms with Crippen LogP contribution in [0.3, 0.4) is 0 Å². The van der Waals surface area contributed by atoms with Gasteiger partial charge in [-0.2, -0.15) is 4.99 Å². The molecule has 1 aromatic heterocycles. The van der Waals surface area contributed by atoms with Gasteiger partial charge in [0.25, 0.3) is 0 Å². The Morgan fingerprint density at radius 3 is 2.65 bits per heavy atom. The fourth-order valence-electron chi connectivity index (χ4n) is 2.05. The highest BCUT2D eigenvalue weighted by atomic mass is 35.5. The average Bonchev–Trinajstić information content (AvgIpc) is 2.96. The van der Waals surface area contributed by atoms with Crippen LogP contribution in [0.15, 0.2) is 34.8 Å². The summed E-state index contributed by atoms with van der Waals surface area (Å²) in [7, 11) is 0. The van der Waals surface area contributed by atoms with Gasteiger partial charge in [-0.1, -0.05) is 50.0 Å². The van der Waals surface area contributed by atoms with Gasteiger partial charge in [-0.25, -0.2) is 0 Å². The number of nitrogens with zero attached hydrogens (tertiary/aromatic N) is 2. The lowest BCUT2D eigenvalue weighted by molar-refractivity contribution is -0.128. The molecule has 0 fully saturated rings. The number of rotatable bonds is 5. The van der Waals surface area contributed by atoms with E-state index < -0.39 is 5.41 Å². The van der Waals surface area contributed by atoms with E-state index in [2.05, 4.69) is 10.3 Å². The Kier molecular flexibility index (Phi) is 7.03. The second-order valence-corrected chi connectivity index (χ2v) is 8.53. The van der Waals surface area contributed by atoms with Crippen molar-refractivity contribution < 1.29 is 9.59 Å². The largest absolute Gasteiger partial charge is 0.355 e. The highest BCUT2D eigenvalue weighted by Crippen LogP contribution is 2.21. The standard InChI is InChI=1S/C18H21Cl2N3O2S/c1-18(2,3)16(25)21-7-6-15(24)22-17-23(8-9-26-17)11-12-4-5-13(19)10-14(12)20/h4-5,8-10H,6-7,11H2,1-3H3,(H,21,25). The number of amides is 2. The summed E-state index contributed by atoms with van der Waals surface area (Å²) in [6.07, 6.45) is 2.00. The molecule has 0 atom stereocenters. The third-order valence-corrected chi connectivity index (χ3v) is 4.92. The Morgan fingerprint density at radius 2 is 2.00 bits per heavy atom. The Morgan fingerprint density at radius 1 is 1.27 bits per heavy atom. The Balaban J connectivity index is 2.02. The van der Waals surface area contributed by atoms with E-state index in [1.165, 1.54) is 11.3 Å². The zero-order valence-corrected chi connectivity index (χ0v) is 17.2. The highest BCUT2D eigenvalue weighted by Gasteiger charge is 2.20. The molecule has 8 heteroatoms. The molecule has 0 saturated carbocycles. The van der Waals surface area contributed by atoms with Gasteiger partial charge < -0.3 is 9.88 Å². The van der Waals surface area contributed by atoms with Gasteiger partial charge in [0, 0.05) is 40.0 Å². The van der Waals surface area contributed by atoms with Crippen molar-refractivity contribution in [3.05, 3.63) is 50.2 Å². The molecular formula is C18H21Cl2N3O2S. The van der Waals surface area contributed by atoms with Crippen LogP contribution in [0.25, 0.3) is 0 Å². The molecule has 0 spiro atoms. The minimum Gasteiger partial charge on any atom is -0.355 e. The number of hydrogen-bond acceptors (Lipinski definition) is 3. The van der Waals surface area contributed by atoms with Crippen molar-refractivity contribution in [2.75, 3.05) is 6.54 Å². The summed E-state index contributed by atoms with van der Waals surface area (Å²) in [5, 5.41) is 5.75. The topological polar surface area (TPSA) is 63.5 Å². The van der Waals surface area contributed by atoms with E-state index in [0.29, 0.717) is 21.4 Å². The molecule has 1 N–H and O–H groups in total. The molecule has 1 heterocycles. The predicted octanol–water partition coefficient (Wildman–Crippen LogP) is 3.88. The summed E-state index contributed by atoms with van der Waals surface area (Å²) in [5.74, 6) is -0.369. The van der Waals surface area contributed by atoms with Crippen LogP contribution < -0.4 is 10.1 Å². The van der Waals surface area contributed by atoms with Crippen LogP contribution >= 0.6 is 34.5 Å². The summed E-state index contributed by atoms with van der Waals surface area (Å²) in [4.78, 5) is 28.6. The maximum absolute atomic E-state index is 12.1. The number of halogens is 2. The Labute approximate surface area is 166 Å². The van der Waals surface area contributed by atoms with Gasteiger partial charge in [0.2, 0.25) is 11.8 Å². The highest BCUT2D eigenvalue weighted by molar-refractivity contribution is 7.07. The van der Waals surface area contributed by atoms with Gasteiger partial charge in [-0.15, -0.1) is 11.3 Å². The van der Waals surface area contributed by atoms with Crippen molar-refractivity contribution in [3.63, 3.8) is 0 Å². The fourth-order valence-corrected chi connectivity index (χ4v) is 3.26. The lowest BCUT2D eigenvalue weighted by atomic mass is 9.96. The molecule has 0 saturated heterocycles. The van der Waals surface area contributed by atoms with E-state index >= 15 is 0 Å². The number of carbonyl (C=O) groups excluding carboxylic acids is 2. The fraction of sp³-hybridized carbons (Fsp3) is 0.389. The lowest BCUT2D eigenvalue weighted by Gasteiger charge is -2.16. The minimum atomic E-state index is -0.477. The number of thiazole rings is 1. The molecular weight excluding hydrogens is 393 g/mol. The molecule has 0 unspecified atom stereocenters. The number of nitrogens with one attached hydrogen (secondary N) is 1. The van der Waals surface area contributed by atoms with Gasteiger partial charge >= 0.3 is 0 Å². The summed E-state index contributed by atoms with van der Waals surface area (Å²) < 4.78 is 1.85. The van der Waals surface area contributed by atoms with Crippen LogP contribution in [0.5, 0.6) is 0 Å². The van der Waals surface area contributed by atoms with E-state index in [1.807, 2.05) is 43.0 Å². The molecule has 26 heavy (non-hydrogen) atoms. The number of benzene rings is 1. The molecule has 0 aliphatic heterocycles. The van der Waals surface area contributed by atoms with Crippen LogP contribution in [0.2, 0.25) is 10.0 Å². The first-order valence-corrected chi connectivity index (χ1v) is 9.74. The zero-order chi connectivity index (χ0) is 19.3. The van der Waals surface area contributed by atoms with Crippen LogP contribution in [0.4, 0.5) is 0 Å². The number of aromatic nitrogens is 1. The van der Waals surface area contributed by atoms with Crippen LogP contribution in [-0.4, -0.2) is 22.9 Å². The molecule has 2 amide bonds. The molecule has 0 aliphatic carbocycles. The molecule has 0 radical (unpaired) electrons. The monoisotopic (exact) mass is 413 g/mol. The second kappa shape index (κ2) is 8.84. The summed E-state index contributed by atoms with van der Waals surface area (Å²) in [6, 6.07) is 5.31. The molecule has 0 aliphatic rings. The average molecular weight is 414 g/mol. The van der Waals surface area contributed by atoms with Gasteiger partial charge in [0.15, 0.2) is 4.80 Å². The molecule has 1 aromatic carbocycles. The van der Waals surface area contributed by atoms with Crippen LogP contribution in [0.1, 0.15) is 32.8 Å². The molecule has 5 nitrogen and oxygen atoms in total. The summed E-state index contributed by atoms with van der Waals surface area (Å²) in [5.41, 5.74) is 0.412. The van der Waals surface area contributed by atoms with E-state index in [-0.39, 0.29) is 24.8 Å². The van der Waals surface area contributed by atoms with Gasteiger partial charge in [-0.3, -0.25) is 9.59 Å². The van der Waals surface area contributed by atoms with E-state index in [1.54, 1.807) is 12.1 Å². The van der Waals surface area contributed by atoms with E-state index in [9.17, 15) is 9.59 Å². The first kappa shape index (κ1) is 20.7. The zero-order valence-electron chi connectivity index (χ0n) is 14.9. The quantitative estimate of drug-likeness (QED) is 0.807. The third kappa shape index (κ3) is 5.97. The summed E-state index contributed by atoms with van der Waals surface area (Å²) >= 11 is 13.5. The molecule has 2 rings (SSSR count). The second-order valence-electron chi connectivity index (χ2n) is 6.81. The van der Waals surface area contributed by atoms with E-state index in [0.717, 1.165) is 5.56 Å². The maximum atomic E-state index is 12.1. The Hall–Kier alpha value is -1.63. The van der Waals surface area contributed by atoms with E-state index in [4.69, 9.17) is 23.2 Å². The number of carbonyl (C=O) groups is 2. The van der Waals surface area contributed by atoms with Crippen LogP contribution in [-0.2, 0) is 16.1 Å². The molecule has 2 aromatic rings. The smallest absolute Gasteiger partial charge is 0.250 e. The lowest BCUT2D eigenvalue weighted by Crippen LogP contribution is -2.36. The predicted molar refractivity (Wildman–Crippen MR) is 106 cm³/mol. The van der Waals surface area contributed by atoms with Crippen molar-refractivity contribution in [1.29, 1.82) is 0 Å². The van der Waals surface area contributed by atoms with Crippen molar-refractivity contribution in [3.8, 4) is 0 Å².